The Morgan fingerprint density at radius 3 is 2.28 bits per heavy atom. The number of hydrogen-bond acceptors (Lipinski definition) is 2. The van der Waals surface area contributed by atoms with E-state index in [2.05, 4.69) is 5.32 Å². The Balaban J connectivity index is 1.51. The van der Waals surface area contributed by atoms with Gasteiger partial charge in [0.05, 0.1) is 5.92 Å². The first-order chi connectivity index (χ1) is 8.75. The van der Waals surface area contributed by atoms with Crippen LogP contribution in [0.1, 0.15) is 57.8 Å². The van der Waals surface area contributed by atoms with Gasteiger partial charge < -0.3 is 10.4 Å². The second kappa shape index (κ2) is 7.13. The maximum Gasteiger partial charge on any atom is 0.306 e. The first-order valence-corrected chi connectivity index (χ1v) is 7.69. The molecule has 0 radical (unpaired) electrons. The molecule has 0 spiro atoms. The van der Waals surface area contributed by atoms with Crippen molar-refractivity contribution >= 4 is 5.97 Å². The van der Waals surface area contributed by atoms with Crippen LogP contribution in [0.4, 0.5) is 0 Å². The quantitative estimate of drug-likeness (QED) is 0.715. The lowest BCUT2D eigenvalue weighted by molar-refractivity contribution is -0.143. The van der Waals surface area contributed by atoms with Crippen LogP contribution in [0.3, 0.4) is 0 Å². The molecule has 0 aromatic heterocycles. The summed E-state index contributed by atoms with van der Waals surface area (Å²) >= 11 is 0. The first kappa shape index (κ1) is 13.9. The molecule has 2 saturated carbocycles. The summed E-state index contributed by atoms with van der Waals surface area (Å²) in [6.07, 6.45) is 11.0. The molecule has 0 bridgehead atoms. The van der Waals surface area contributed by atoms with Gasteiger partial charge in [0.2, 0.25) is 0 Å². The predicted molar refractivity (Wildman–Crippen MR) is 72.5 cm³/mol. The van der Waals surface area contributed by atoms with Crippen molar-refractivity contribution in [2.45, 2.75) is 57.8 Å². The van der Waals surface area contributed by atoms with Crippen LogP contribution >= 0.6 is 0 Å². The van der Waals surface area contributed by atoms with Crippen molar-refractivity contribution in [3.63, 3.8) is 0 Å². The molecule has 0 saturated heterocycles. The van der Waals surface area contributed by atoms with Crippen molar-refractivity contribution in [1.82, 2.24) is 5.32 Å². The summed E-state index contributed by atoms with van der Waals surface area (Å²) in [6, 6.07) is 0. The molecule has 0 unspecified atom stereocenters. The van der Waals surface area contributed by atoms with Crippen molar-refractivity contribution in [3.8, 4) is 0 Å². The van der Waals surface area contributed by atoms with Crippen LogP contribution < -0.4 is 5.32 Å². The highest BCUT2D eigenvalue weighted by molar-refractivity contribution is 5.69. The van der Waals surface area contributed by atoms with Crippen LogP contribution in [0.5, 0.6) is 0 Å². The third-order valence-corrected chi connectivity index (χ3v) is 4.83. The van der Waals surface area contributed by atoms with Gasteiger partial charge in [-0.15, -0.1) is 0 Å². The van der Waals surface area contributed by atoms with Gasteiger partial charge in [-0.05, 0) is 57.0 Å². The van der Waals surface area contributed by atoms with Crippen molar-refractivity contribution in [3.05, 3.63) is 0 Å². The molecule has 3 heteroatoms. The Morgan fingerprint density at radius 2 is 1.67 bits per heavy atom. The molecule has 0 aliphatic heterocycles. The Hall–Kier alpha value is -0.570. The van der Waals surface area contributed by atoms with Gasteiger partial charge in [0.1, 0.15) is 0 Å². The maximum absolute atomic E-state index is 10.9. The minimum absolute atomic E-state index is 0.0697. The average Bonchev–Trinajstić information content (AvgIpc) is 2.88. The van der Waals surface area contributed by atoms with E-state index in [0.717, 1.165) is 44.7 Å². The Bertz CT molecular complexity index is 253. The molecule has 0 aromatic rings. The van der Waals surface area contributed by atoms with Crippen molar-refractivity contribution < 1.29 is 9.90 Å². The van der Waals surface area contributed by atoms with Crippen molar-refractivity contribution in [2.75, 3.05) is 13.1 Å². The van der Waals surface area contributed by atoms with Gasteiger partial charge in [-0.25, -0.2) is 0 Å². The fourth-order valence-electron chi connectivity index (χ4n) is 3.52. The van der Waals surface area contributed by atoms with Gasteiger partial charge in [0.15, 0.2) is 0 Å². The number of carboxylic acids is 1. The zero-order chi connectivity index (χ0) is 12.8. The number of rotatable bonds is 6. The number of nitrogens with one attached hydrogen (secondary N) is 1. The summed E-state index contributed by atoms with van der Waals surface area (Å²) in [5.74, 6) is 1.02. The van der Waals surface area contributed by atoms with E-state index in [1.807, 2.05) is 0 Å². The molecule has 0 amide bonds. The Kier molecular flexibility index (Phi) is 5.48. The van der Waals surface area contributed by atoms with E-state index in [9.17, 15) is 4.79 Å². The summed E-state index contributed by atoms with van der Waals surface area (Å²) < 4.78 is 0. The highest BCUT2D eigenvalue weighted by Crippen LogP contribution is 2.29. The fourth-order valence-corrected chi connectivity index (χ4v) is 3.52. The van der Waals surface area contributed by atoms with Crippen LogP contribution in [0.25, 0.3) is 0 Å². The van der Waals surface area contributed by atoms with Gasteiger partial charge in [0, 0.05) is 0 Å². The van der Waals surface area contributed by atoms with Crippen molar-refractivity contribution in [2.24, 2.45) is 17.8 Å². The van der Waals surface area contributed by atoms with Gasteiger partial charge in [-0.1, -0.05) is 25.7 Å². The first-order valence-electron chi connectivity index (χ1n) is 7.69. The van der Waals surface area contributed by atoms with Crippen molar-refractivity contribution in [1.29, 1.82) is 0 Å². The smallest absolute Gasteiger partial charge is 0.306 e. The van der Waals surface area contributed by atoms with E-state index < -0.39 is 5.97 Å². The lowest BCUT2D eigenvalue weighted by Crippen LogP contribution is -2.29. The number of aliphatic carboxylic acids is 1. The molecule has 0 aromatic carbocycles. The molecule has 0 atom stereocenters. The van der Waals surface area contributed by atoms with E-state index in [1.165, 1.54) is 32.1 Å². The summed E-state index contributed by atoms with van der Waals surface area (Å²) in [6.45, 7) is 2.25. The molecular weight excluding hydrogens is 226 g/mol. The van der Waals surface area contributed by atoms with Crippen LogP contribution in [-0.2, 0) is 4.79 Å². The zero-order valence-corrected chi connectivity index (χ0v) is 11.4. The minimum atomic E-state index is -0.595. The Morgan fingerprint density at radius 1 is 1.00 bits per heavy atom. The third kappa shape index (κ3) is 4.27. The molecule has 2 fully saturated rings. The number of carboxylic acid groups (broad SMARTS) is 1. The standard InChI is InChI=1S/C15H27NO2/c17-15(18)14-7-5-13(6-8-14)11-16-10-9-12-3-1-2-4-12/h12-14,16H,1-11H2,(H,17,18). The molecule has 3 nitrogen and oxygen atoms in total. The van der Waals surface area contributed by atoms with Crippen LogP contribution in [0, 0.1) is 17.8 Å². The second-order valence-corrected chi connectivity index (χ2v) is 6.20. The molecular formula is C15H27NO2. The zero-order valence-electron chi connectivity index (χ0n) is 11.4. The van der Waals surface area contributed by atoms with Crippen LogP contribution in [0.2, 0.25) is 0 Å². The largest absolute Gasteiger partial charge is 0.481 e. The van der Waals surface area contributed by atoms with Gasteiger partial charge in [0.25, 0.3) is 0 Å². The minimum Gasteiger partial charge on any atom is -0.481 e. The van der Waals surface area contributed by atoms with Crippen LogP contribution in [0.15, 0.2) is 0 Å². The summed E-state index contributed by atoms with van der Waals surface area (Å²) in [5.41, 5.74) is 0. The van der Waals surface area contributed by atoms with Gasteiger partial charge >= 0.3 is 5.97 Å². The van der Waals surface area contributed by atoms with Gasteiger partial charge in [-0.3, -0.25) is 4.79 Å². The molecule has 104 valence electrons. The normalized spacial score (nSPS) is 29.6. The second-order valence-electron chi connectivity index (χ2n) is 6.20. The SMILES string of the molecule is O=C(O)C1CCC(CNCCC2CCCC2)CC1. The molecule has 0 heterocycles. The van der Waals surface area contributed by atoms with E-state index >= 15 is 0 Å². The molecule has 18 heavy (non-hydrogen) atoms. The monoisotopic (exact) mass is 253 g/mol. The lowest BCUT2D eigenvalue weighted by atomic mass is 9.82. The topological polar surface area (TPSA) is 49.3 Å². The number of carbonyl (C=O) groups is 1. The predicted octanol–water partition coefficient (Wildman–Crippen LogP) is 3.05. The van der Waals surface area contributed by atoms with Crippen LogP contribution in [-0.4, -0.2) is 24.2 Å². The average molecular weight is 253 g/mol. The molecule has 2 rings (SSSR count). The summed E-state index contributed by atoms with van der Waals surface area (Å²) in [4.78, 5) is 10.9. The van der Waals surface area contributed by atoms with E-state index in [-0.39, 0.29) is 5.92 Å². The molecule has 2 aliphatic carbocycles. The lowest BCUT2D eigenvalue weighted by Gasteiger charge is -2.26. The van der Waals surface area contributed by atoms with E-state index in [1.54, 1.807) is 0 Å². The molecule has 2 N–H and O–H groups in total. The van der Waals surface area contributed by atoms with Gasteiger partial charge in [-0.2, -0.15) is 0 Å². The molecule has 2 aliphatic rings. The number of hydrogen-bond donors (Lipinski definition) is 2. The van der Waals surface area contributed by atoms with E-state index in [0.29, 0.717) is 5.92 Å². The highest BCUT2D eigenvalue weighted by atomic mass is 16.4. The Labute approximate surface area is 110 Å². The third-order valence-electron chi connectivity index (χ3n) is 4.83. The fraction of sp³-hybridized carbons (Fsp3) is 0.933. The van der Waals surface area contributed by atoms with E-state index in [4.69, 9.17) is 5.11 Å². The summed E-state index contributed by atoms with van der Waals surface area (Å²) in [7, 11) is 0. The summed E-state index contributed by atoms with van der Waals surface area (Å²) in [5, 5.41) is 12.5. The highest BCUT2D eigenvalue weighted by Gasteiger charge is 2.25. The maximum atomic E-state index is 10.9.